The molecule has 1 fully saturated rings. The Hall–Kier alpha value is -0.170. The van der Waals surface area contributed by atoms with Gasteiger partial charge in [-0.15, -0.1) is 0 Å². The van der Waals surface area contributed by atoms with Gasteiger partial charge < -0.3 is 5.32 Å². The summed E-state index contributed by atoms with van der Waals surface area (Å²) < 4.78 is 29.1. The van der Waals surface area contributed by atoms with Gasteiger partial charge in [0.15, 0.2) is 0 Å². The van der Waals surface area contributed by atoms with Crippen LogP contribution in [0.4, 0.5) is 0 Å². The van der Waals surface area contributed by atoms with Crippen LogP contribution in [0.5, 0.6) is 0 Å². The third-order valence-corrected chi connectivity index (χ3v) is 5.87. The molecule has 0 saturated carbocycles. The average Bonchev–Trinajstić information content (AvgIpc) is 2.35. The van der Waals surface area contributed by atoms with E-state index in [9.17, 15) is 8.42 Å². The zero-order chi connectivity index (χ0) is 15.4. The van der Waals surface area contributed by atoms with Gasteiger partial charge in [0, 0.05) is 24.7 Å². The molecule has 0 spiro atoms. The molecule has 0 aromatic heterocycles. The molecule has 1 rings (SSSR count). The molecular formula is C14H31N3O2S. The lowest BCUT2D eigenvalue weighted by Crippen LogP contribution is -2.52. The first kappa shape index (κ1) is 17.9. The van der Waals surface area contributed by atoms with Gasteiger partial charge in [0.1, 0.15) is 0 Å². The van der Waals surface area contributed by atoms with Crippen molar-refractivity contribution in [3.8, 4) is 0 Å². The van der Waals surface area contributed by atoms with Crippen molar-refractivity contribution in [2.24, 2.45) is 5.92 Å². The Morgan fingerprint density at radius 2 is 1.80 bits per heavy atom. The van der Waals surface area contributed by atoms with Crippen molar-refractivity contribution < 1.29 is 8.42 Å². The van der Waals surface area contributed by atoms with Crippen LogP contribution in [0.15, 0.2) is 0 Å². The highest BCUT2D eigenvalue weighted by atomic mass is 32.2. The van der Waals surface area contributed by atoms with Crippen LogP contribution in [0.1, 0.15) is 53.9 Å². The van der Waals surface area contributed by atoms with Crippen molar-refractivity contribution in [2.75, 3.05) is 19.6 Å². The van der Waals surface area contributed by atoms with E-state index >= 15 is 0 Å². The first-order chi connectivity index (χ1) is 9.16. The summed E-state index contributed by atoms with van der Waals surface area (Å²) in [7, 11) is -3.34. The third-order valence-electron chi connectivity index (χ3n) is 4.02. The maximum atomic E-state index is 12.3. The average molecular weight is 305 g/mol. The van der Waals surface area contributed by atoms with Crippen LogP contribution >= 0.6 is 0 Å². The number of piperidine rings is 1. The molecule has 0 aromatic carbocycles. The molecule has 1 aliphatic rings. The molecule has 0 aliphatic carbocycles. The minimum atomic E-state index is -3.34. The molecule has 5 nitrogen and oxygen atoms in total. The standard InChI is InChI=1S/C14H31N3O2S/c1-6-14(4,5)16-20(18,19)17-9-7-13(8-10-17)11-15-12(2)3/h12-13,15-16H,6-11H2,1-5H3. The van der Waals surface area contributed by atoms with E-state index < -0.39 is 10.2 Å². The van der Waals surface area contributed by atoms with Crippen LogP contribution in [0, 0.1) is 5.92 Å². The van der Waals surface area contributed by atoms with E-state index in [0.717, 1.165) is 25.8 Å². The highest BCUT2D eigenvalue weighted by Crippen LogP contribution is 2.20. The number of hydrogen-bond acceptors (Lipinski definition) is 3. The van der Waals surface area contributed by atoms with Crippen molar-refractivity contribution in [2.45, 2.75) is 65.5 Å². The molecular weight excluding hydrogens is 274 g/mol. The van der Waals surface area contributed by atoms with Crippen LogP contribution in [-0.4, -0.2) is 43.9 Å². The number of nitrogens with zero attached hydrogens (tertiary/aromatic N) is 1. The van der Waals surface area contributed by atoms with E-state index in [1.165, 1.54) is 0 Å². The molecule has 120 valence electrons. The predicted octanol–water partition coefficient (Wildman–Crippen LogP) is 1.72. The molecule has 0 amide bonds. The van der Waals surface area contributed by atoms with Gasteiger partial charge in [0.05, 0.1) is 0 Å². The molecule has 0 bridgehead atoms. The van der Waals surface area contributed by atoms with Gasteiger partial charge in [0.2, 0.25) is 0 Å². The second kappa shape index (κ2) is 7.20. The number of nitrogens with one attached hydrogen (secondary N) is 2. The molecule has 0 unspecified atom stereocenters. The van der Waals surface area contributed by atoms with E-state index in [4.69, 9.17) is 0 Å². The largest absolute Gasteiger partial charge is 0.314 e. The lowest BCUT2D eigenvalue weighted by atomic mass is 9.98. The number of hydrogen-bond donors (Lipinski definition) is 2. The predicted molar refractivity (Wildman–Crippen MR) is 83.9 cm³/mol. The Balaban J connectivity index is 2.48. The topological polar surface area (TPSA) is 61.4 Å². The van der Waals surface area contributed by atoms with Crippen molar-refractivity contribution in [1.82, 2.24) is 14.3 Å². The fraction of sp³-hybridized carbons (Fsp3) is 1.00. The second-order valence-corrected chi connectivity index (χ2v) is 8.42. The molecule has 2 N–H and O–H groups in total. The molecule has 6 heteroatoms. The summed E-state index contributed by atoms with van der Waals surface area (Å²) in [5, 5.41) is 3.43. The Morgan fingerprint density at radius 3 is 2.25 bits per heavy atom. The SMILES string of the molecule is CCC(C)(C)NS(=O)(=O)N1CCC(CNC(C)C)CC1. The van der Waals surface area contributed by atoms with E-state index in [2.05, 4.69) is 23.9 Å². The first-order valence-corrected chi connectivity index (χ1v) is 9.12. The second-order valence-electron chi connectivity index (χ2n) is 6.75. The lowest BCUT2D eigenvalue weighted by Gasteiger charge is -2.34. The van der Waals surface area contributed by atoms with Crippen molar-refractivity contribution in [3.05, 3.63) is 0 Å². The van der Waals surface area contributed by atoms with Gasteiger partial charge in [-0.2, -0.15) is 17.4 Å². The fourth-order valence-electron chi connectivity index (χ4n) is 2.24. The molecule has 1 aliphatic heterocycles. The van der Waals surface area contributed by atoms with Crippen LogP contribution in [-0.2, 0) is 10.2 Å². The van der Waals surface area contributed by atoms with Gasteiger partial charge in [-0.05, 0) is 45.6 Å². The summed E-state index contributed by atoms with van der Waals surface area (Å²) in [6.45, 7) is 12.3. The van der Waals surface area contributed by atoms with Crippen molar-refractivity contribution in [1.29, 1.82) is 0 Å². The summed E-state index contributed by atoms with van der Waals surface area (Å²) in [4.78, 5) is 0. The zero-order valence-electron chi connectivity index (χ0n) is 13.6. The Morgan fingerprint density at radius 1 is 1.25 bits per heavy atom. The van der Waals surface area contributed by atoms with Gasteiger partial charge >= 0.3 is 0 Å². The maximum Gasteiger partial charge on any atom is 0.279 e. The molecule has 1 saturated heterocycles. The summed E-state index contributed by atoms with van der Waals surface area (Å²) in [6, 6.07) is 0.490. The molecule has 0 radical (unpaired) electrons. The summed E-state index contributed by atoms with van der Waals surface area (Å²) >= 11 is 0. The minimum Gasteiger partial charge on any atom is -0.314 e. The van der Waals surface area contributed by atoms with Crippen LogP contribution in [0.25, 0.3) is 0 Å². The highest BCUT2D eigenvalue weighted by molar-refractivity contribution is 7.87. The zero-order valence-corrected chi connectivity index (χ0v) is 14.4. The van der Waals surface area contributed by atoms with E-state index in [1.54, 1.807) is 4.31 Å². The van der Waals surface area contributed by atoms with Crippen LogP contribution < -0.4 is 10.0 Å². The monoisotopic (exact) mass is 305 g/mol. The van der Waals surface area contributed by atoms with Crippen molar-refractivity contribution in [3.63, 3.8) is 0 Å². The normalized spacial score (nSPS) is 19.7. The smallest absolute Gasteiger partial charge is 0.279 e. The minimum absolute atomic E-state index is 0.380. The molecule has 20 heavy (non-hydrogen) atoms. The molecule has 0 aromatic rings. The molecule has 1 heterocycles. The summed E-state index contributed by atoms with van der Waals surface area (Å²) in [5.41, 5.74) is -0.380. The fourth-order valence-corrected chi connectivity index (χ4v) is 3.91. The first-order valence-electron chi connectivity index (χ1n) is 7.68. The summed E-state index contributed by atoms with van der Waals surface area (Å²) in [6.07, 6.45) is 2.65. The van der Waals surface area contributed by atoms with Gasteiger partial charge in [-0.3, -0.25) is 0 Å². The quantitative estimate of drug-likeness (QED) is 0.753. The van der Waals surface area contributed by atoms with Crippen molar-refractivity contribution >= 4 is 10.2 Å². The van der Waals surface area contributed by atoms with Crippen LogP contribution in [0.3, 0.4) is 0 Å². The van der Waals surface area contributed by atoms with E-state index in [0.29, 0.717) is 25.0 Å². The van der Waals surface area contributed by atoms with E-state index in [1.807, 2.05) is 20.8 Å². The Bertz CT molecular complexity index is 385. The summed E-state index contributed by atoms with van der Waals surface area (Å²) in [5.74, 6) is 0.586. The molecule has 0 atom stereocenters. The van der Waals surface area contributed by atoms with Gasteiger partial charge in [-0.25, -0.2) is 0 Å². The Labute approximate surface area is 124 Å². The van der Waals surface area contributed by atoms with Gasteiger partial charge in [0.25, 0.3) is 10.2 Å². The Kier molecular flexibility index (Phi) is 6.44. The maximum absolute atomic E-state index is 12.3. The number of rotatable bonds is 7. The van der Waals surface area contributed by atoms with Gasteiger partial charge in [-0.1, -0.05) is 20.8 Å². The highest BCUT2D eigenvalue weighted by Gasteiger charge is 2.31. The third kappa shape index (κ3) is 5.68. The lowest BCUT2D eigenvalue weighted by molar-refractivity contribution is 0.257. The van der Waals surface area contributed by atoms with Crippen LogP contribution in [0.2, 0.25) is 0 Å². The van der Waals surface area contributed by atoms with E-state index in [-0.39, 0.29) is 5.54 Å².